The van der Waals surface area contributed by atoms with E-state index in [0.29, 0.717) is 11.1 Å². The number of carboxylic acids is 1. The molecule has 5 N–H and O–H groups in total. The molecule has 0 spiro atoms. The molecular formula is C19H22ClNO6. The van der Waals surface area contributed by atoms with Gasteiger partial charge in [-0.1, -0.05) is 31.2 Å². The van der Waals surface area contributed by atoms with Crippen LogP contribution in [0.5, 0.6) is 11.5 Å². The largest absolute Gasteiger partial charge is 0.504 e. The van der Waals surface area contributed by atoms with Crippen molar-refractivity contribution < 1.29 is 29.6 Å². The molecule has 0 saturated carbocycles. The molecule has 0 aliphatic heterocycles. The molecule has 2 aromatic rings. The van der Waals surface area contributed by atoms with E-state index in [2.05, 4.69) is 0 Å². The number of hydrogen-bond donors (Lipinski definition) is 4. The number of carbonyl (C=O) groups excluding carboxylic acids is 1. The molecule has 8 heteroatoms. The van der Waals surface area contributed by atoms with Crippen LogP contribution in [0.15, 0.2) is 48.5 Å². The monoisotopic (exact) mass is 395 g/mol. The standard InChI is InChI=1S/C19H21NO6.ClH/c1-11(10-26-19(25)12-5-3-2-4-6-12)16(17(20)18(23)24)13-7-8-14(21)15(22)9-13;/h2-9,11,16-17,21-22H,10,20H2,1H3,(H,23,24);1H/t11-,16?,17-;/m0./s1. The van der Waals surface area contributed by atoms with Gasteiger partial charge in [-0.15, -0.1) is 12.4 Å². The highest BCUT2D eigenvalue weighted by Crippen LogP contribution is 2.34. The zero-order valence-electron chi connectivity index (χ0n) is 14.6. The second-order valence-electron chi connectivity index (χ2n) is 6.08. The minimum atomic E-state index is -1.27. The number of aliphatic carboxylic acids is 1. The SMILES string of the molecule is C[C@@H](COC(=O)c1ccccc1)C(c1ccc(O)c(O)c1)[C@H](N)C(=O)O.Cl. The summed E-state index contributed by atoms with van der Waals surface area (Å²) in [7, 11) is 0. The molecule has 0 saturated heterocycles. The Bertz CT molecular complexity index is 783. The number of ether oxygens (including phenoxy) is 1. The third kappa shape index (κ3) is 5.60. The maximum Gasteiger partial charge on any atom is 0.338 e. The lowest BCUT2D eigenvalue weighted by Crippen LogP contribution is -2.40. The summed E-state index contributed by atoms with van der Waals surface area (Å²) in [5, 5.41) is 28.4. The molecule has 1 unspecified atom stereocenters. The summed E-state index contributed by atoms with van der Waals surface area (Å²) in [5.41, 5.74) is 6.63. The Labute approximate surface area is 162 Å². The topological polar surface area (TPSA) is 130 Å². The Hall–Kier alpha value is -2.77. The van der Waals surface area contributed by atoms with Crippen molar-refractivity contribution in [3.63, 3.8) is 0 Å². The van der Waals surface area contributed by atoms with E-state index in [1.165, 1.54) is 18.2 Å². The number of halogens is 1. The summed E-state index contributed by atoms with van der Waals surface area (Å²) in [5.74, 6) is -3.61. The first kappa shape index (κ1) is 22.3. The van der Waals surface area contributed by atoms with Gasteiger partial charge in [0.2, 0.25) is 0 Å². The van der Waals surface area contributed by atoms with Gasteiger partial charge in [0.15, 0.2) is 11.5 Å². The molecule has 146 valence electrons. The van der Waals surface area contributed by atoms with Crippen LogP contribution in [-0.2, 0) is 9.53 Å². The van der Waals surface area contributed by atoms with E-state index >= 15 is 0 Å². The van der Waals surface area contributed by atoms with Crippen molar-refractivity contribution in [3.8, 4) is 11.5 Å². The first-order valence-corrected chi connectivity index (χ1v) is 8.03. The number of nitrogens with two attached hydrogens (primary N) is 1. The van der Waals surface area contributed by atoms with Gasteiger partial charge < -0.3 is 25.8 Å². The highest BCUT2D eigenvalue weighted by Gasteiger charge is 2.32. The quantitative estimate of drug-likeness (QED) is 0.418. The van der Waals surface area contributed by atoms with E-state index < -0.39 is 29.8 Å². The van der Waals surface area contributed by atoms with Crippen LogP contribution in [0.25, 0.3) is 0 Å². The van der Waals surface area contributed by atoms with E-state index in [4.69, 9.17) is 10.5 Å². The fourth-order valence-corrected chi connectivity index (χ4v) is 2.76. The van der Waals surface area contributed by atoms with Crippen molar-refractivity contribution in [2.24, 2.45) is 11.7 Å². The molecule has 0 fully saturated rings. The number of phenolic OH excluding ortho intramolecular Hbond substituents is 2. The lowest BCUT2D eigenvalue weighted by molar-refractivity contribution is -0.139. The first-order valence-electron chi connectivity index (χ1n) is 8.03. The first-order chi connectivity index (χ1) is 12.3. The number of esters is 1. The van der Waals surface area contributed by atoms with Gasteiger partial charge in [-0.05, 0) is 35.7 Å². The highest BCUT2D eigenvalue weighted by molar-refractivity contribution is 5.89. The molecule has 2 rings (SSSR count). The Morgan fingerprint density at radius 1 is 1.07 bits per heavy atom. The van der Waals surface area contributed by atoms with Crippen LogP contribution in [0.4, 0.5) is 0 Å². The number of hydrogen-bond acceptors (Lipinski definition) is 6. The van der Waals surface area contributed by atoms with Crippen LogP contribution in [0, 0.1) is 5.92 Å². The van der Waals surface area contributed by atoms with Crippen LogP contribution in [-0.4, -0.2) is 39.9 Å². The Morgan fingerprint density at radius 2 is 1.70 bits per heavy atom. The summed E-state index contributed by atoms with van der Waals surface area (Å²) in [6.45, 7) is 1.65. The predicted molar refractivity (Wildman–Crippen MR) is 101 cm³/mol. The van der Waals surface area contributed by atoms with Gasteiger partial charge in [0, 0.05) is 5.92 Å². The normalized spacial score (nSPS) is 13.7. The summed E-state index contributed by atoms with van der Waals surface area (Å²) >= 11 is 0. The van der Waals surface area contributed by atoms with Crippen molar-refractivity contribution in [1.29, 1.82) is 0 Å². The summed E-state index contributed by atoms with van der Waals surface area (Å²) in [6, 6.07) is 11.2. The number of rotatable bonds is 7. The average Bonchev–Trinajstić information content (AvgIpc) is 2.63. The van der Waals surface area contributed by atoms with Crippen molar-refractivity contribution in [2.45, 2.75) is 18.9 Å². The minimum absolute atomic E-state index is 0. The fourth-order valence-electron chi connectivity index (χ4n) is 2.76. The Kier molecular flexibility index (Phi) is 8.08. The Balaban J connectivity index is 0.00000364. The third-order valence-electron chi connectivity index (χ3n) is 4.16. The maximum absolute atomic E-state index is 12.1. The van der Waals surface area contributed by atoms with Gasteiger partial charge in [0.25, 0.3) is 0 Å². The highest BCUT2D eigenvalue weighted by atomic mass is 35.5. The molecule has 2 aromatic carbocycles. The van der Waals surface area contributed by atoms with Crippen LogP contribution in [0.1, 0.15) is 28.8 Å². The van der Waals surface area contributed by atoms with E-state index in [1.807, 2.05) is 0 Å². The molecule has 3 atom stereocenters. The van der Waals surface area contributed by atoms with Gasteiger partial charge in [-0.25, -0.2) is 4.79 Å². The summed E-state index contributed by atoms with van der Waals surface area (Å²) in [6.07, 6.45) is 0. The molecule has 7 nitrogen and oxygen atoms in total. The fraction of sp³-hybridized carbons (Fsp3) is 0.263. The molecule has 0 aliphatic carbocycles. The smallest absolute Gasteiger partial charge is 0.338 e. The molecule has 0 aromatic heterocycles. The summed E-state index contributed by atoms with van der Waals surface area (Å²) in [4.78, 5) is 23.5. The second-order valence-corrected chi connectivity index (χ2v) is 6.08. The van der Waals surface area contributed by atoms with E-state index in [0.717, 1.165) is 0 Å². The zero-order valence-corrected chi connectivity index (χ0v) is 15.4. The van der Waals surface area contributed by atoms with Crippen molar-refractivity contribution in [2.75, 3.05) is 6.61 Å². The van der Waals surface area contributed by atoms with Gasteiger partial charge in [0.05, 0.1) is 12.2 Å². The van der Waals surface area contributed by atoms with E-state index in [-0.39, 0.29) is 30.5 Å². The molecule has 0 bridgehead atoms. The predicted octanol–water partition coefficient (Wildman–Crippen LogP) is 2.51. The van der Waals surface area contributed by atoms with Gasteiger partial charge in [-0.3, -0.25) is 4.79 Å². The van der Waals surface area contributed by atoms with Crippen LogP contribution < -0.4 is 5.73 Å². The van der Waals surface area contributed by atoms with Crippen molar-refractivity contribution in [1.82, 2.24) is 0 Å². The van der Waals surface area contributed by atoms with Crippen molar-refractivity contribution >= 4 is 24.3 Å². The molecular weight excluding hydrogens is 374 g/mol. The number of aromatic hydroxyl groups is 2. The number of benzene rings is 2. The van der Waals surface area contributed by atoms with Crippen LogP contribution in [0.3, 0.4) is 0 Å². The third-order valence-corrected chi connectivity index (χ3v) is 4.16. The molecule has 0 aliphatic rings. The molecule has 27 heavy (non-hydrogen) atoms. The maximum atomic E-state index is 12.1. The minimum Gasteiger partial charge on any atom is -0.504 e. The number of carboxylic acid groups (broad SMARTS) is 1. The molecule has 0 amide bonds. The average molecular weight is 396 g/mol. The van der Waals surface area contributed by atoms with Crippen LogP contribution in [0.2, 0.25) is 0 Å². The lowest BCUT2D eigenvalue weighted by Gasteiger charge is -2.27. The van der Waals surface area contributed by atoms with E-state index in [9.17, 15) is 24.9 Å². The number of phenols is 2. The van der Waals surface area contributed by atoms with E-state index in [1.54, 1.807) is 37.3 Å². The van der Waals surface area contributed by atoms with Crippen molar-refractivity contribution in [3.05, 3.63) is 59.7 Å². The number of carbonyl (C=O) groups is 2. The zero-order chi connectivity index (χ0) is 19.3. The molecule has 0 radical (unpaired) electrons. The molecule has 0 heterocycles. The van der Waals surface area contributed by atoms with Gasteiger partial charge >= 0.3 is 11.9 Å². The summed E-state index contributed by atoms with van der Waals surface area (Å²) < 4.78 is 5.28. The Morgan fingerprint density at radius 3 is 2.26 bits per heavy atom. The second kappa shape index (κ2) is 9.80. The van der Waals surface area contributed by atoms with Crippen LogP contribution >= 0.6 is 12.4 Å². The lowest BCUT2D eigenvalue weighted by atomic mass is 9.82. The van der Waals surface area contributed by atoms with Gasteiger partial charge in [0.1, 0.15) is 6.04 Å². The van der Waals surface area contributed by atoms with Gasteiger partial charge in [-0.2, -0.15) is 0 Å².